The molecular weight excluding hydrogens is 260 g/mol. The molecule has 0 fully saturated rings. The molecule has 6 heteroatoms. The monoisotopic (exact) mass is 280 g/mol. The molecule has 0 heterocycles. The Bertz CT molecular complexity index is 462. The topological polar surface area (TPSA) is 76.7 Å². The molecule has 1 aromatic carbocycles. The summed E-state index contributed by atoms with van der Waals surface area (Å²) in [6.07, 6.45) is 0.607. The molecule has 0 aliphatic rings. The van der Waals surface area contributed by atoms with Gasteiger partial charge in [-0.2, -0.15) is 0 Å². The third-order valence-corrected chi connectivity index (χ3v) is 2.72. The van der Waals surface area contributed by atoms with Crippen molar-refractivity contribution in [1.82, 2.24) is 5.32 Å². The van der Waals surface area contributed by atoms with Gasteiger partial charge >= 0.3 is 5.97 Å². The third kappa shape index (κ3) is 4.79. The molecule has 0 bridgehead atoms. The summed E-state index contributed by atoms with van der Waals surface area (Å²) in [6, 6.07) is 6.67. The highest BCUT2D eigenvalue weighted by Gasteiger charge is 2.16. The second-order valence-electron chi connectivity index (χ2n) is 4.12. The van der Waals surface area contributed by atoms with Crippen LogP contribution >= 0.6 is 0 Å². The minimum Gasteiger partial charge on any atom is -0.484 e. The standard InChI is InChI=1S/C14H20N2O4/c1-4-12(14(18)19-3)16-10-6-5-7-11(8-10)20-9-13(17)15-2/h5-8,12,16H,4,9H2,1-3H3,(H,15,17). The Morgan fingerprint density at radius 1 is 1.35 bits per heavy atom. The van der Waals surface area contributed by atoms with E-state index in [9.17, 15) is 9.59 Å². The van der Waals surface area contributed by atoms with Crippen LogP contribution in [0.4, 0.5) is 5.69 Å². The Balaban J connectivity index is 2.67. The van der Waals surface area contributed by atoms with Gasteiger partial charge in [0.25, 0.3) is 5.91 Å². The van der Waals surface area contributed by atoms with Crippen LogP contribution in [0.1, 0.15) is 13.3 Å². The van der Waals surface area contributed by atoms with Gasteiger partial charge in [-0.15, -0.1) is 0 Å². The van der Waals surface area contributed by atoms with Crippen LogP contribution in [0.15, 0.2) is 24.3 Å². The zero-order valence-corrected chi connectivity index (χ0v) is 11.9. The second-order valence-corrected chi connectivity index (χ2v) is 4.12. The summed E-state index contributed by atoms with van der Waals surface area (Å²) in [5.41, 5.74) is 0.733. The molecule has 0 aliphatic carbocycles. The Labute approximate surface area is 118 Å². The van der Waals surface area contributed by atoms with Crippen molar-refractivity contribution in [3.8, 4) is 5.75 Å². The Hall–Kier alpha value is -2.24. The van der Waals surface area contributed by atoms with Crippen LogP contribution in [0.3, 0.4) is 0 Å². The number of benzene rings is 1. The summed E-state index contributed by atoms with van der Waals surface area (Å²) in [7, 11) is 2.90. The average molecular weight is 280 g/mol. The van der Waals surface area contributed by atoms with Crippen LogP contribution in [-0.2, 0) is 14.3 Å². The Kier molecular flexibility index (Phi) is 6.36. The molecule has 1 amide bonds. The number of amides is 1. The number of carbonyl (C=O) groups excluding carboxylic acids is 2. The normalized spacial score (nSPS) is 11.3. The maximum absolute atomic E-state index is 11.5. The summed E-state index contributed by atoms with van der Waals surface area (Å²) in [5.74, 6) is 0.0341. The fourth-order valence-electron chi connectivity index (χ4n) is 1.57. The van der Waals surface area contributed by atoms with Gasteiger partial charge in [0, 0.05) is 18.8 Å². The van der Waals surface area contributed by atoms with E-state index in [1.807, 2.05) is 13.0 Å². The molecule has 0 saturated heterocycles. The van der Waals surface area contributed by atoms with Gasteiger partial charge in [0.2, 0.25) is 0 Å². The van der Waals surface area contributed by atoms with Gasteiger partial charge in [-0.25, -0.2) is 4.79 Å². The number of carbonyl (C=O) groups is 2. The predicted molar refractivity (Wildman–Crippen MR) is 75.7 cm³/mol. The van der Waals surface area contributed by atoms with Crippen molar-refractivity contribution in [2.24, 2.45) is 0 Å². The van der Waals surface area contributed by atoms with Gasteiger partial charge in [0.15, 0.2) is 6.61 Å². The highest BCUT2D eigenvalue weighted by Crippen LogP contribution is 2.18. The molecule has 0 aliphatic heterocycles. The number of esters is 1. The molecule has 1 atom stereocenters. The first-order chi connectivity index (χ1) is 9.60. The minimum atomic E-state index is -0.408. The van der Waals surface area contributed by atoms with Gasteiger partial charge in [0.05, 0.1) is 7.11 Å². The SMILES string of the molecule is CCC(Nc1cccc(OCC(=O)NC)c1)C(=O)OC. The van der Waals surface area contributed by atoms with Crippen LogP contribution in [0.2, 0.25) is 0 Å². The van der Waals surface area contributed by atoms with E-state index in [0.29, 0.717) is 12.2 Å². The number of rotatable bonds is 7. The van der Waals surface area contributed by atoms with E-state index in [2.05, 4.69) is 10.6 Å². The zero-order valence-electron chi connectivity index (χ0n) is 11.9. The van der Waals surface area contributed by atoms with Crippen molar-refractivity contribution >= 4 is 17.6 Å². The third-order valence-electron chi connectivity index (χ3n) is 2.72. The summed E-state index contributed by atoms with van der Waals surface area (Å²) in [4.78, 5) is 22.6. The number of hydrogen-bond donors (Lipinski definition) is 2. The largest absolute Gasteiger partial charge is 0.484 e. The first kappa shape index (κ1) is 15.8. The maximum atomic E-state index is 11.5. The first-order valence-corrected chi connectivity index (χ1v) is 6.38. The molecule has 20 heavy (non-hydrogen) atoms. The summed E-state index contributed by atoms with van der Waals surface area (Å²) < 4.78 is 10.0. The zero-order chi connectivity index (χ0) is 15.0. The number of ether oxygens (including phenoxy) is 2. The number of likely N-dealkylation sites (N-methyl/N-ethyl adjacent to an activating group) is 1. The van der Waals surface area contributed by atoms with Crippen molar-refractivity contribution in [2.45, 2.75) is 19.4 Å². The Morgan fingerprint density at radius 2 is 2.10 bits per heavy atom. The minimum absolute atomic E-state index is 0.0475. The quantitative estimate of drug-likeness (QED) is 0.733. The Morgan fingerprint density at radius 3 is 2.70 bits per heavy atom. The summed E-state index contributed by atoms with van der Waals surface area (Å²) in [6.45, 7) is 1.84. The highest BCUT2D eigenvalue weighted by atomic mass is 16.5. The second kappa shape index (κ2) is 8.04. The highest BCUT2D eigenvalue weighted by molar-refractivity contribution is 5.79. The van der Waals surface area contributed by atoms with Crippen LogP contribution in [0.5, 0.6) is 5.75 Å². The molecule has 0 radical (unpaired) electrons. The molecule has 110 valence electrons. The van der Waals surface area contributed by atoms with Crippen molar-refractivity contribution in [3.63, 3.8) is 0 Å². The van der Waals surface area contributed by atoms with E-state index >= 15 is 0 Å². The van der Waals surface area contributed by atoms with Crippen LogP contribution in [0, 0.1) is 0 Å². The van der Waals surface area contributed by atoms with Crippen LogP contribution in [0.25, 0.3) is 0 Å². The smallest absolute Gasteiger partial charge is 0.328 e. The number of hydrogen-bond acceptors (Lipinski definition) is 5. The van der Waals surface area contributed by atoms with Crippen molar-refractivity contribution in [3.05, 3.63) is 24.3 Å². The molecule has 6 nitrogen and oxygen atoms in total. The molecule has 0 saturated carbocycles. The average Bonchev–Trinajstić information content (AvgIpc) is 2.49. The number of nitrogens with one attached hydrogen (secondary N) is 2. The van der Waals surface area contributed by atoms with Gasteiger partial charge in [0.1, 0.15) is 11.8 Å². The fourth-order valence-corrected chi connectivity index (χ4v) is 1.57. The predicted octanol–water partition coefficient (Wildman–Crippen LogP) is 1.17. The fraction of sp³-hybridized carbons (Fsp3) is 0.429. The van der Waals surface area contributed by atoms with Gasteiger partial charge in [-0.3, -0.25) is 4.79 Å². The molecule has 0 spiro atoms. The first-order valence-electron chi connectivity index (χ1n) is 6.38. The molecule has 1 unspecified atom stereocenters. The summed E-state index contributed by atoms with van der Waals surface area (Å²) >= 11 is 0. The van der Waals surface area contributed by atoms with Crippen LogP contribution < -0.4 is 15.4 Å². The van der Waals surface area contributed by atoms with Gasteiger partial charge < -0.3 is 20.1 Å². The maximum Gasteiger partial charge on any atom is 0.328 e. The molecule has 0 aromatic heterocycles. The number of methoxy groups -OCH3 is 1. The lowest BCUT2D eigenvalue weighted by molar-refractivity contribution is -0.141. The van der Waals surface area contributed by atoms with Gasteiger partial charge in [-0.05, 0) is 18.6 Å². The molecule has 1 aromatic rings. The number of anilines is 1. The van der Waals surface area contributed by atoms with Gasteiger partial charge in [-0.1, -0.05) is 13.0 Å². The molecular formula is C14H20N2O4. The van der Waals surface area contributed by atoms with Crippen molar-refractivity contribution in [2.75, 3.05) is 26.1 Å². The van der Waals surface area contributed by atoms with E-state index < -0.39 is 6.04 Å². The van der Waals surface area contributed by atoms with E-state index in [4.69, 9.17) is 9.47 Å². The van der Waals surface area contributed by atoms with E-state index in [0.717, 1.165) is 5.69 Å². The lowest BCUT2D eigenvalue weighted by Gasteiger charge is -2.16. The molecule has 1 rings (SSSR count). The van der Waals surface area contributed by atoms with Crippen molar-refractivity contribution in [1.29, 1.82) is 0 Å². The van der Waals surface area contributed by atoms with Crippen molar-refractivity contribution < 1.29 is 19.1 Å². The van der Waals surface area contributed by atoms with E-state index in [-0.39, 0.29) is 18.5 Å². The van der Waals surface area contributed by atoms with E-state index in [1.165, 1.54) is 7.11 Å². The van der Waals surface area contributed by atoms with E-state index in [1.54, 1.807) is 25.2 Å². The molecule has 2 N–H and O–H groups in total. The lowest BCUT2D eigenvalue weighted by Crippen LogP contribution is -2.29. The van der Waals surface area contributed by atoms with Crippen LogP contribution in [-0.4, -0.2) is 38.7 Å². The summed E-state index contributed by atoms with van der Waals surface area (Å²) in [5, 5.41) is 5.54. The lowest BCUT2D eigenvalue weighted by atomic mass is 10.2.